The molecule has 0 bridgehead atoms. The number of hydrogen-bond donors (Lipinski definition) is 0. The Bertz CT molecular complexity index is 177. The van der Waals surface area contributed by atoms with Gasteiger partial charge in [0.1, 0.15) is 4.32 Å². The standard InChI is InChI=1S/C8H12BrNO/c1-6-3-8(9,5-10)4-7(2)11-6/h6-7H,3-4H2,1-2H3. The Morgan fingerprint density at radius 3 is 2.27 bits per heavy atom. The highest BCUT2D eigenvalue weighted by Crippen LogP contribution is 2.35. The minimum atomic E-state index is -0.343. The highest BCUT2D eigenvalue weighted by atomic mass is 79.9. The van der Waals surface area contributed by atoms with Gasteiger partial charge < -0.3 is 4.74 Å². The molecule has 0 aromatic carbocycles. The molecule has 1 saturated heterocycles. The largest absolute Gasteiger partial charge is 0.375 e. The first-order chi connectivity index (χ1) is 5.06. The summed E-state index contributed by atoms with van der Waals surface area (Å²) in [7, 11) is 0. The van der Waals surface area contributed by atoms with Crippen LogP contribution in [-0.2, 0) is 4.74 Å². The van der Waals surface area contributed by atoms with E-state index in [2.05, 4.69) is 22.0 Å². The number of alkyl halides is 1. The molecule has 0 spiro atoms. The lowest BCUT2D eigenvalue weighted by Crippen LogP contribution is -2.37. The lowest BCUT2D eigenvalue weighted by Gasteiger charge is -2.33. The van der Waals surface area contributed by atoms with Crippen LogP contribution in [0.5, 0.6) is 0 Å². The van der Waals surface area contributed by atoms with E-state index in [1.165, 1.54) is 0 Å². The number of rotatable bonds is 0. The van der Waals surface area contributed by atoms with E-state index >= 15 is 0 Å². The maximum Gasteiger partial charge on any atom is 0.117 e. The Morgan fingerprint density at radius 2 is 1.91 bits per heavy atom. The van der Waals surface area contributed by atoms with E-state index in [1.54, 1.807) is 0 Å². The summed E-state index contributed by atoms with van der Waals surface area (Å²) < 4.78 is 5.16. The Hall–Kier alpha value is -0.0700. The molecule has 2 atom stereocenters. The van der Waals surface area contributed by atoms with Crippen molar-refractivity contribution in [3.63, 3.8) is 0 Å². The Balaban J connectivity index is 2.64. The molecule has 3 heteroatoms. The molecular weight excluding hydrogens is 206 g/mol. The molecule has 0 saturated carbocycles. The van der Waals surface area contributed by atoms with E-state index in [1.807, 2.05) is 13.8 Å². The monoisotopic (exact) mass is 217 g/mol. The molecule has 1 heterocycles. The third-order valence-corrected chi connectivity index (χ3v) is 2.71. The molecule has 0 aromatic rings. The molecule has 0 amide bonds. The van der Waals surface area contributed by atoms with Crippen molar-refractivity contribution in [2.75, 3.05) is 0 Å². The second-order valence-corrected chi connectivity index (χ2v) is 4.76. The normalized spacial score (nSPS) is 44.9. The lowest BCUT2D eigenvalue weighted by molar-refractivity contribution is -0.0344. The quantitative estimate of drug-likeness (QED) is 0.584. The summed E-state index contributed by atoms with van der Waals surface area (Å²) in [6, 6.07) is 2.28. The summed E-state index contributed by atoms with van der Waals surface area (Å²) in [5, 5.41) is 8.83. The van der Waals surface area contributed by atoms with Crippen LogP contribution >= 0.6 is 15.9 Å². The van der Waals surface area contributed by atoms with Crippen molar-refractivity contribution in [1.29, 1.82) is 5.26 Å². The smallest absolute Gasteiger partial charge is 0.117 e. The van der Waals surface area contributed by atoms with Crippen LogP contribution in [0.3, 0.4) is 0 Å². The van der Waals surface area contributed by atoms with Gasteiger partial charge in [-0.3, -0.25) is 0 Å². The van der Waals surface area contributed by atoms with Gasteiger partial charge in [-0.05, 0) is 13.8 Å². The predicted octanol–water partition coefficient (Wildman–Crippen LogP) is 2.23. The fourth-order valence-electron chi connectivity index (χ4n) is 1.58. The molecule has 1 fully saturated rings. The summed E-state index contributed by atoms with van der Waals surface area (Å²) in [6.45, 7) is 4.01. The second-order valence-electron chi connectivity index (χ2n) is 3.24. The third kappa shape index (κ3) is 2.18. The van der Waals surface area contributed by atoms with Crippen LogP contribution in [0, 0.1) is 11.3 Å². The molecule has 0 aromatic heterocycles. The van der Waals surface area contributed by atoms with E-state index in [4.69, 9.17) is 10.00 Å². The molecule has 62 valence electrons. The van der Waals surface area contributed by atoms with Gasteiger partial charge in [-0.1, -0.05) is 15.9 Å². The van der Waals surface area contributed by atoms with Gasteiger partial charge >= 0.3 is 0 Å². The van der Waals surface area contributed by atoms with Crippen LogP contribution in [-0.4, -0.2) is 16.5 Å². The van der Waals surface area contributed by atoms with Gasteiger partial charge in [0.05, 0.1) is 18.3 Å². The van der Waals surface area contributed by atoms with Gasteiger partial charge in [-0.15, -0.1) is 0 Å². The van der Waals surface area contributed by atoms with Crippen molar-refractivity contribution in [2.24, 2.45) is 0 Å². The van der Waals surface area contributed by atoms with Crippen LogP contribution in [0.25, 0.3) is 0 Å². The zero-order chi connectivity index (χ0) is 8.48. The number of nitriles is 1. The molecule has 1 aliphatic rings. The van der Waals surface area contributed by atoms with Crippen molar-refractivity contribution in [1.82, 2.24) is 0 Å². The summed E-state index contributed by atoms with van der Waals surface area (Å²) >= 11 is 3.43. The number of hydrogen-bond acceptors (Lipinski definition) is 2. The Labute approximate surface area is 75.7 Å². The zero-order valence-electron chi connectivity index (χ0n) is 6.80. The van der Waals surface area contributed by atoms with Crippen LogP contribution < -0.4 is 0 Å². The van der Waals surface area contributed by atoms with Crippen molar-refractivity contribution >= 4 is 15.9 Å². The van der Waals surface area contributed by atoms with E-state index in [0.717, 1.165) is 12.8 Å². The molecule has 0 aliphatic carbocycles. The summed E-state index contributed by atoms with van der Waals surface area (Å²) in [6.07, 6.45) is 1.96. The highest BCUT2D eigenvalue weighted by molar-refractivity contribution is 9.10. The molecule has 0 radical (unpaired) electrons. The minimum absolute atomic E-state index is 0.192. The average molecular weight is 218 g/mol. The van der Waals surface area contributed by atoms with Crippen LogP contribution in [0.1, 0.15) is 26.7 Å². The van der Waals surface area contributed by atoms with Gasteiger partial charge in [0.15, 0.2) is 0 Å². The third-order valence-electron chi connectivity index (χ3n) is 1.89. The molecule has 1 aliphatic heterocycles. The molecule has 0 N–H and O–H groups in total. The number of halogens is 1. The second kappa shape index (κ2) is 3.12. The van der Waals surface area contributed by atoms with Gasteiger partial charge in [0, 0.05) is 12.8 Å². The van der Waals surface area contributed by atoms with Gasteiger partial charge in [0.2, 0.25) is 0 Å². The van der Waals surface area contributed by atoms with Crippen molar-refractivity contribution in [3.05, 3.63) is 0 Å². The first-order valence-corrected chi connectivity index (χ1v) is 4.61. The molecule has 2 nitrogen and oxygen atoms in total. The van der Waals surface area contributed by atoms with Gasteiger partial charge in [-0.25, -0.2) is 0 Å². The zero-order valence-corrected chi connectivity index (χ0v) is 8.39. The van der Waals surface area contributed by atoms with E-state index in [-0.39, 0.29) is 16.5 Å². The molecular formula is C8H12BrNO. The fraction of sp³-hybridized carbons (Fsp3) is 0.875. The Kier molecular flexibility index (Phi) is 2.56. The molecule has 11 heavy (non-hydrogen) atoms. The van der Waals surface area contributed by atoms with E-state index in [0.29, 0.717) is 0 Å². The maximum atomic E-state index is 8.83. The number of nitrogens with zero attached hydrogens (tertiary/aromatic N) is 1. The summed E-state index contributed by atoms with van der Waals surface area (Å²) in [5.41, 5.74) is 0. The van der Waals surface area contributed by atoms with Crippen molar-refractivity contribution < 1.29 is 4.74 Å². The van der Waals surface area contributed by atoms with Gasteiger partial charge in [-0.2, -0.15) is 5.26 Å². The van der Waals surface area contributed by atoms with E-state index in [9.17, 15) is 0 Å². The predicted molar refractivity (Wildman–Crippen MR) is 46.5 cm³/mol. The minimum Gasteiger partial charge on any atom is -0.375 e. The Morgan fingerprint density at radius 1 is 1.45 bits per heavy atom. The number of ether oxygens (including phenoxy) is 1. The lowest BCUT2D eigenvalue weighted by atomic mass is 9.94. The van der Waals surface area contributed by atoms with Crippen LogP contribution in [0.15, 0.2) is 0 Å². The summed E-state index contributed by atoms with van der Waals surface area (Å²) in [5.74, 6) is 0. The fourth-order valence-corrected chi connectivity index (χ4v) is 2.49. The SMILES string of the molecule is CC1CC(Br)(C#N)CC(C)O1. The first kappa shape index (κ1) is 9.02. The van der Waals surface area contributed by atoms with Crippen LogP contribution in [0.2, 0.25) is 0 Å². The average Bonchev–Trinajstić information content (AvgIpc) is 1.84. The highest BCUT2D eigenvalue weighted by Gasteiger charge is 2.36. The topological polar surface area (TPSA) is 33.0 Å². The molecule has 2 unspecified atom stereocenters. The maximum absolute atomic E-state index is 8.83. The van der Waals surface area contributed by atoms with E-state index < -0.39 is 0 Å². The van der Waals surface area contributed by atoms with Crippen molar-refractivity contribution in [2.45, 2.75) is 43.2 Å². The summed E-state index contributed by atoms with van der Waals surface area (Å²) in [4.78, 5) is 0. The molecule has 1 rings (SSSR count). The van der Waals surface area contributed by atoms with Gasteiger partial charge in [0.25, 0.3) is 0 Å². The van der Waals surface area contributed by atoms with Crippen molar-refractivity contribution in [3.8, 4) is 6.07 Å². The first-order valence-electron chi connectivity index (χ1n) is 3.81. The van der Waals surface area contributed by atoms with Crippen LogP contribution in [0.4, 0.5) is 0 Å².